The Morgan fingerprint density at radius 3 is 2.31 bits per heavy atom. The van der Waals surface area contributed by atoms with Gasteiger partial charge in [0.15, 0.2) is 6.29 Å². The number of esters is 1. The van der Waals surface area contributed by atoms with Crippen LogP contribution in [0.2, 0.25) is 0 Å². The van der Waals surface area contributed by atoms with Gasteiger partial charge < -0.3 is 19.3 Å². The first-order chi connectivity index (χ1) is 13.8. The number of ether oxygens (including phenoxy) is 3. The summed E-state index contributed by atoms with van der Waals surface area (Å²) in [5.74, 6) is -0.435. The summed E-state index contributed by atoms with van der Waals surface area (Å²) in [6.45, 7) is 6.61. The van der Waals surface area contributed by atoms with Gasteiger partial charge in [0, 0.05) is 4.75 Å². The lowest BCUT2D eigenvalue weighted by Gasteiger charge is -2.27. The maximum absolute atomic E-state index is 12.2. The zero-order valence-corrected chi connectivity index (χ0v) is 17.8. The van der Waals surface area contributed by atoms with E-state index in [0.29, 0.717) is 12.2 Å². The van der Waals surface area contributed by atoms with Crippen molar-refractivity contribution in [3.63, 3.8) is 0 Å². The summed E-state index contributed by atoms with van der Waals surface area (Å²) in [4.78, 5) is 12.2. The maximum Gasteiger partial charge on any atom is 0.338 e. The predicted molar refractivity (Wildman–Crippen MR) is 114 cm³/mol. The standard InChI is InChI=1S/C23H28O5S/c1-23(2,3)29-20-19(24)18(15-26-21(25)17-12-8-5-9-13-17)28-22(20)27-14-16-10-6-4-7-11-16/h4-13,18-20,22,24H,14-15H2,1-3H3/t18-,19+,20-,22-/m1/s1. The topological polar surface area (TPSA) is 65.0 Å². The highest BCUT2D eigenvalue weighted by atomic mass is 32.2. The quantitative estimate of drug-likeness (QED) is 0.687. The van der Waals surface area contributed by atoms with Crippen LogP contribution in [0.25, 0.3) is 0 Å². The highest BCUT2D eigenvalue weighted by molar-refractivity contribution is 8.01. The van der Waals surface area contributed by atoms with Gasteiger partial charge in [-0.15, -0.1) is 11.8 Å². The van der Waals surface area contributed by atoms with Crippen molar-refractivity contribution in [1.29, 1.82) is 0 Å². The van der Waals surface area contributed by atoms with Gasteiger partial charge in [0.2, 0.25) is 0 Å². The number of rotatable bonds is 7. The summed E-state index contributed by atoms with van der Waals surface area (Å²) >= 11 is 1.61. The molecule has 0 unspecified atom stereocenters. The van der Waals surface area contributed by atoms with Crippen LogP contribution in [-0.4, -0.2) is 46.2 Å². The number of aliphatic hydroxyl groups is 1. The van der Waals surface area contributed by atoms with Gasteiger partial charge in [-0.05, 0) is 17.7 Å². The number of carbonyl (C=O) groups is 1. The van der Waals surface area contributed by atoms with Crippen LogP contribution in [0.1, 0.15) is 36.7 Å². The molecule has 2 aromatic carbocycles. The summed E-state index contributed by atoms with van der Waals surface area (Å²) in [6.07, 6.45) is -2.03. The molecule has 3 rings (SSSR count). The predicted octanol–water partition coefficient (Wildman–Crippen LogP) is 4.05. The Morgan fingerprint density at radius 2 is 1.69 bits per heavy atom. The first kappa shape index (κ1) is 21.8. The Morgan fingerprint density at radius 1 is 1.07 bits per heavy atom. The number of carbonyl (C=O) groups excluding carboxylic acids is 1. The second kappa shape index (κ2) is 9.76. The van der Waals surface area contributed by atoms with Crippen molar-refractivity contribution in [3.8, 4) is 0 Å². The molecule has 0 aliphatic carbocycles. The fourth-order valence-corrected chi connectivity index (χ4v) is 4.46. The van der Waals surface area contributed by atoms with E-state index in [0.717, 1.165) is 5.56 Å². The van der Waals surface area contributed by atoms with E-state index in [1.165, 1.54) is 0 Å². The van der Waals surface area contributed by atoms with Crippen molar-refractivity contribution >= 4 is 17.7 Å². The molecule has 0 amide bonds. The second-order valence-corrected chi connectivity index (χ2v) is 9.99. The average Bonchev–Trinajstić information content (AvgIpc) is 2.99. The Labute approximate surface area is 176 Å². The molecular weight excluding hydrogens is 388 g/mol. The monoisotopic (exact) mass is 416 g/mol. The zero-order chi connectivity index (χ0) is 20.9. The minimum Gasteiger partial charge on any atom is -0.459 e. The first-order valence-electron chi connectivity index (χ1n) is 9.72. The van der Waals surface area contributed by atoms with E-state index < -0.39 is 24.5 Å². The lowest BCUT2D eigenvalue weighted by Crippen LogP contribution is -2.36. The summed E-state index contributed by atoms with van der Waals surface area (Å²) in [6, 6.07) is 18.6. The van der Waals surface area contributed by atoms with Crippen LogP contribution in [0.4, 0.5) is 0 Å². The first-order valence-corrected chi connectivity index (χ1v) is 10.6. The van der Waals surface area contributed by atoms with E-state index >= 15 is 0 Å². The number of benzene rings is 2. The van der Waals surface area contributed by atoms with Gasteiger partial charge in [-0.2, -0.15) is 0 Å². The summed E-state index contributed by atoms with van der Waals surface area (Å²) < 4.78 is 17.3. The molecule has 5 nitrogen and oxygen atoms in total. The number of thioether (sulfide) groups is 1. The van der Waals surface area contributed by atoms with Gasteiger partial charge in [0.25, 0.3) is 0 Å². The minimum absolute atomic E-state index is 0.0265. The molecule has 0 radical (unpaired) electrons. The molecule has 0 bridgehead atoms. The van der Waals surface area contributed by atoms with E-state index in [1.54, 1.807) is 36.0 Å². The Bertz CT molecular complexity index is 775. The number of aliphatic hydroxyl groups excluding tert-OH is 1. The molecule has 1 aliphatic rings. The van der Waals surface area contributed by atoms with Crippen molar-refractivity contribution in [2.45, 2.75) is 55.9 Å². The number of hydrogen-bond donors (Lipinski definition) is 1. The fraction of sp³-hybridized carbons (Fsp3) is 0.435. The summed E-state index contributed by atoms with van der Waals surface area (Å²) in [5, 5.41) is 10.6. The molecule has 0 spiro atoms. The van der Waals surface area contributed by atoms with Crippen molar-refractivity contribution in [2.24, 2.45) is 0 Å². The second-order valence-electron chi connectivity index (χ2n) is 7.99. The van der Waals surface area contributed by atoms with E-state index in [4.69, 9.17) is 14.2 Å². The smallest absolute Gasteiger partial charge is 0.338 e. The molecule has 1 saturated heterocycles. The average molecular weight is 417 g/mol. The zero-order valence-electron chi connectivity index (χ0n) is 17.0. The summed E-state index contributed by atoms with van der Waals surface area (Å²) in [5.41, 5.74) is 1.50. The van der Waals surface area contributed by atoms with E-state index in [-0.39, 0.29) is 16.6 Å². The van der Waals surface area contributed by atoms with Crippen LogP contribution < -0.4 is 0 Å². The third-order valence-electron chi connectivity index (χ3n) is 4.43. The van der Waals surface area contributed by atoms with Crippen molar-refractivity contribution in [2.75, 3.05) is 6.61 Å². The van der Waals surface area contributed by atoms with Gasteiger partial charge in [-0.1, -0.05) is 69.3 Å². The normalized spacial score (nSPS) is 24.4. The van der Waals surface area contributed by atoms with Gasteiger partial charge in [-0.25, -0.2) is 4.79 Å². The molecular formula is C23H28O5S. The van der Waals surface area contributed by atoms with Crippen LogP contribution >= 0.6 is 11.8 Å². The van der Waals surface area contributed by atoms with Crippen LogP contribution in [-0.2, 0) is 20.8 Å². The Balaban J connectivity index is 1.63. The molecule has 1 aliphatic heterocycles. The molecule has 1 heterocycles. The van der Waals surface area contributed by atoms with E-state index in [2.05, 4.69) is 20.8 Å². The molecule has 1 fully saturated rings. The third-order valence-corrected chi connectivity index (χ3v) is 5.91. The third kappa shape index (κ3) is 6.31. The van der Waals surface area contributed by atoms with Gasteiger partial charge in [-0.3, -0.25) is 0 Å². The van der Waals surface area contributed by atoms with Crippen molar-refractivity contribution in [1.82, 2.24) is 0 Å². The van der Waals surface area contributed by atoms with E-state index in [9.17, 15) is 9.90 Å². The van der Waals surface area contributed by atoms with Gasteiger partial charge in [0.1, 0.15) is 18.8 Å². The van der Waals surface area contributed by atoms with Crippen LogP contribution in [0, 0.1) is 0 Å². The number of hydrogen-bond acceptors (Lipinski definition) is 6. The molecule has 1 N–H and O–H groups in total. The fourth-order valence-electron chi connectivity index (χ4n) is 3.08. The maximum atomic E-state index is 12.2. The lowest BCUT2D eigenvalue weighted by molar-refractivity contribution is -0.148. The molecule has 0 aromatic heterocycles. The van der Waals surface area contributed by atoms with Crippen molar-refractivity contribution in [3.05, 3.63) is 71.8 Å². The Hall–Kier alpha value is -1.86. The summed E-state index contributed by atoms with van der Waals surface area (Å²) in [7, 11) is 0. The highest BCUT2D eigenvalue weighted by Crippen LogP contribution is 2.39. The molecule has 0 saturated carbocycles. The SMILES string of the molecule is CC(C)(C)S[C@H]1[C@H](OCc2ccccc2)O[C@H](COC(=O)c2ccccc2)[C@@H]1O. The van der Waals surface area contributed by atoms with Gasteiger partial charge >= 0.3 is 5.97 Å². The van der Waals surface area contributed by atoms with Gasteiger partial charge in [0.05, 0.1) is 17.4 Å². The largest absolute Gasteiger partial charge is 0.459 e. The van der Waals surface area contributed by atoms with Crippen LogP contribution in [0.5, 0.6) is 0 Å². The molecule has 2 aromatic rings. The van der Waals surface area contributed by atoms with Crippen LogP contribution in [0.15, 0.2) is 60.7 Å². The Kier molecular flexibility index (Phi) is 7.35. The van der Waals surface area contributed by atoms with E-state index in [1.807, 2.05) is 36.4 Å². The van der Waals surface area contributed by atoms with Crippen molar-refractivity contribution < 1.29 is 24.1 Å². The molecule has 29 heavy (non-hydrogen) atoms. The highest BCUT2D eigenvalue weighted by Gasteiger charge is 2.46. The molecule has 156 valence electrons. The lowest BCUT2D eigenvalue weighted by atomic mass is 10.2. The molecule has 4 atom stereocenters. The van der Waals surface area contributed by atoms with Crippen LogP contribution in [0.3, 0.4) is 0 Å². The minimum atomic E-state index is -0.802. The molecule has 6 heteroatoms.